The van der Waals surface area contributed by atoms with E-state index in [1.807, 2.05) is 25.9 Å². The van der Waals surface area contributed by atoms with E-state index in [0.717, 1.165) is 0 Å². The van der Waals surface area contributed by atoms with Crippen LogP contribution in [0.15, 0.2) is 56.8 Å². The number of fused-ring (bicyclic) bond motifs is 1. The fourth-order valence-electron chi connectivity index (χ4n) is 11.3. The molecule has 21 nitrogen and oxygen atoms in total. The van der Waals surface area contributed by atoms with Crippen molar-refractivity contribution in [3.8, 4) is 28.6 Å². The number of cyclic esters (lactones) is 1. The molecule has 3 fully saturated rings. The molecule has 430 valence electrons. The molecule has 2 aromatic carbocycles. The highest BCUT2D eigenvalue weighted by atomic mass is 16.7. The number of hydrogen-bond donors (Lipinski definition) is 5. The number of carbonyl (C=O) groups excluding carboxylic acids is 2. The summed E-state index contributed by atoms with van der Waals surface area (Å²) in [5, 5.41) is 64.8. The molecule has 1 aromatic heterocycles. The van der Waals surface area contributed by atoms with Gasteiger partial charge in [-0.05, 0) is 99.2 Å². The third-order valence-corrected chi connectivity index (χ3v) is 15.8. The largest absolute Gasteiger partial charge is 0.496 e. The van der Waals surface area contributed by atoms with Crippen LogP contribution in [0.25, 0.3) is 22.3 Å². The van der Waals surface area contributed by atoms with E-state index >= 15 is 0 Å². The first kappa shape index (κ1) is 61.4. The van der Waals surface area contributed by atoms with Crippen LogP contribution in [0.2, 0.25) is 0 Å². The first-order chi connectivity index (χ1) is 36.1. The van der Waals surface area contributed by atoms with Gasteiger partial charge in [0.15, 0.2) is 18.0 Å². The van der Waals surface area contributed by atoms with Gasteiger partial charge in [0.25, 0.3) is 0 Å². The Labute approximate surface area is 450 Å². The lowest BCUT2D eigenvalue weighted by Crippen LogP contribution is -2.61. The van der Waals surface area contributed by atoms with E-state index < -0.39 is 120 Å². The molecule has 6 rings (SSSR count). The van der Waals surface area contributed by atoms with Crippen LogP contribution in [0.4, 0.5) is 0 Å². The standard InChI is InChI=1S/C56H82N2O19/c1-16-42-56(10,66)49(62)30(4)46(57-70-27-43(60)73-35-19-17-34(18-20-35)39-24-38(59)45-40(68-14)22-36(67-13)23-41(45)74-39)28(2)25-54(8,65)51(77-53-47(61)37(58(11)12)21-29(3)71-53)31(5)48(32(6)52(64)75-42)76-44-26-55(9,69-15)50(63)33(7)72-44/h17-20,22-24,28-33,37,42,44,47-51,53,61-63,65-66H,16,21,25-27H2,1-15H3/b57-46-/t28-,29-,30+,31+,32-,33+,37+,42-,44+,47-,48+,49-,50+,51-,53+,54-,55-,56-/m1/s1. The van der Waals surface area contributed by atoms with E-state index in [2.05, 4.69) is 5.16 Å². The number of aliphatic hydroxyl groups is 5. The second-order valence-corrected chi connectivity index (χ2v) is 22.0. The van der Waals surface area contributed by atoms with Gasteiger partial charge in [0.1, 0.15) is 57.9 Å². The van der Waals surface area contributed by atoms with Crippen molar-refractivity contribution in [1.82, 2.24) is 4.90 Å². The van der Waals surface area contributed by atoms with E-state index in [0.29, 0.717) is 23.5 Å². The number of rotatable bonds is 14. The lowest BCUT2D eigenvalue weighted by Gasteiger charge is -2.49. The smallest absolute Gasteiger partial charge is 0.352 e. The van der Waals surface area contributed by atoms with Gasteiger partial charge in [0, 0.05) is 61.1 Å². The van der Waals surface area contributed by atoms with Crippen molar-refractivity contribution in [1.29, 1.82) is 0 Å². The molecule has 0 aliphatic carbocycles. The molecule has 3 aliphatic rings. The third-order valence-electron chi connectivity index (χ3n) is 15.8. The van der Waals surface area contributed by atoms with Gasteiger partial charge in [-0.2, -0.15) is 0 Å². The van der Waals surface area contributed by atoms with Crippen molar-refractivity contribution in [3.05, 3.63) is 52.7 Å². The predicted octanol–water partition coefficient (Wildman–Crippen LogP) is 4.99. The zero-order valence-corrected chi connectivity index (χ0v) is 47.1. The van der Waals surface area contributed by atoms with Gasteiger partial charge in [-0.3, -0.25) is 9.59 Å². The molecule has 3 aromatic rings. The van der Waals surface area contributed by atoms with E-state index in [-0.39, 0.29) is 59.0 Å². The highest BCUT2D eigenvalue weighted by molar-refractivity contribution is 5.89. The molecule has 4 heterocycles. The molecule has 77 heavy (non-hydrogen) atoms. The van der Waals surface area contributed by atoms with E-state index in [1.54, 1.807) is 72.7 Å². The van der Waals surface area contributed by atoms with Gasteiger partial charge in [-0.25, -0.2) is 4.79 Å². The van der Waals surface area contributed by atoms with Crippen LogP contribution >= 0.6 is 0 Å². The Morgan fingerprint density at radius 2 is 1.52 bits per heavy atom. The Hall–Kier alpha value is -4.78. The Morgan fingerprint density at radius 3 is 2.13 bits per heavy atom. The van der Waals surface area contributed by atoms with Crippen molar-refractivity contribution in [2.75, 3.05) is 42.0 Å². The fourth-order valence-corrected chi connectivity index (χ4v) is 11.3. The number of esters is 2. The monoisotopic (exact) mass is 1090 g/mol. The van der Waals surface area contributed by atoms with E-state index in [1.165, 1.54) is 53.4 Å². The number of likely N-dealkylation sites (N-methyl/N-ethyl adjacent to an activating group) is 1. The molecule has 5 N–H and O–H groups in total. The van der Waals surface area contributed by atoms with Crippen LogP contribution in [0.5, 0.6) is 17.2 Å². The average molecular weight is 1090 g/mol. The Morgan fingerprint density at radius 1 is 0.844 bits per heavy atom. The summed E-state index contributed by atoms with van der Waals surface area (Å²) in [4.78, 5) is 48.6. The maximum absolute atomic E-state index is 14.5. The number of aliphatic hydroxyl groups excluding tert-OH is 3. The van der Waals surface area contributed by atoms with Crippen molar-refractivity contribution in [2.24, 2.45) is 28.8 Å². The first-order valence-electron chi connectivity index (χ1n) is 26.3. The minimum absolute atomic E-state index is 0.0432. The second-order valence-electron chi connectivity index (χ2n) is 22.0. The van der Waals surface area contributed by atoms with Gasteiger partial charge in [-0.1, -0.05) is 32.9 Å². The molecule has 0 amide bonds. The molecule has 0 bridgehead atoms. The van der Waals surface area contributed by atoms with Gasteiger partial charge in [0.2, 0.25) is 6.61 Å². The molecule has 0 radical (unpaired) electrons. The minimum atomic E-state index is -2.10. The number of methoxy groups -OCH3 is 3. The molecule has 18 atom stereocenters. The number of hydrogen-bond acceptors (Lipinski definition) is 21. The Balaban J connectivity index is 1.32. The van der Waals surface area contributed by atoms with Crippen molar-refractivity contribution < 1.29 is 87.0 Å². The number of oxime groups is 1. The van der Waals surface area contributed by atoms with Crippen LogP contribution < -0.4 is 19.6 Å². The third kappa shape index (κ3) is 13.6. The molecule has 0 unspecified atom stereocenters. The predicted molar refractivity (Wildman–Crippen MR) is 281 cm³/mol. The molecule has 3 saturated heterocycles. The Kier molecular flexibility index (Phi) is 20.0. The molecule has 0 spiro atoms. The number of carbonyl (C=O) groups is 2. The van der Waals surface area contributed by atoms with Crippen LogP contribution in [-0.4, -0.2) is 174 Å². The van der Waals surface area contributed by atoms with E-state index in [9.17, 15) is 39.9 Å². The lowest BCUT2D eigenvalue weighted by atomic mass is 9.73. The molecule has 21 heteroatoms. The van der Waals surface area contributed by atoms with Gasteiger partial charge in [-0.15, -0.1) is 0 Å². The highest BCUT2D eigenvalue weighted by Crippen LogP contribution is 2.41. The summed E-state index contributed by atoms with van der Waals surface area (Å²) < 4.78 is 60.3. The summed E-state index contributed by atoms with van der Waals surface area (Å²) in [6.45, 7) is 15.7. The molecule has 0 saturated carbocycles. The molecular weight excluding hydrogens is 1000 g/mol. The first-order valence-corrected chi connectivity index (χ1v) is 26.3. The maximum Gasteiger partial charge on any atom is 0.352 e. The van der Waals surface area contributed by atoms with Crippen LogP contribution in [-0.2, 0) is 42.8 Å². The Bertz CT molecular complexity index is 2570. The van der Waals surface area contributed by atoms with Crippen molar-refractivity contribution >= 4 is 28.6 Å². The number of ether oxygens (including phenoxy) is 9. The van der Waals surface area contributed by atoms with E-state index in [4.69, 9.17) is 51.9 Å². The molecular formula is C56H82N2O19. The van der Waals surface area contributed by atoms with Crippen LogP contribution in [0.1, 0.15) is 94.9 Å². The number of nitrogens with zero attached hydrogens (tertiary/aromatic N) is 2. The van der Waals surface area contributed by atoms with Crippen LogP contribution in [0, 0.1) is 23.7 Å². The second kappa shape index (κ2) is 25.1. The lowest BCUT2D eigenvalue weighted by molar-refractivity contribution is -0.317. The summed E-state index contributed by atoms with van der Waals surface area (Å²) in [6, 6.07) is 10.3. The quantitative estimate of drug-likeness (QED) is 0.0808. The summed E-state index contributed by atoms with van der Waals surface area (Å²) >= 11 is 0. The SMILES string of the molecule is CC[C@H]1OC(=O)[C@H](C)[C@@H](O[C@H]2C[C@@](C)(OC)[C@@H](O)[C@H](C)O2)[C@H](C)[C@@H](O[C@@H]2O[C@H](C)C[C@H](N(C)C)[C@H]2O)[C@](C)(O)C[C@@H](C)/C(=N/OCC(=O)Oc2ccc(-c3cc(=O)c4c(OC)cc(OC)cc4o3)cc2)[C@H](C)[C@@H](O)[C@]1(C)O. The number of benzene rings is 2. The van der Waals surface area contributed by atoms with Gasteiger partial charge in [0.05, 0.1) is 67.6 Å². The summed E-state index contributed by atoms with van der Waals surface area (Å²) in [7, 11) is 8.06. The maximum atomic E-state index is 14.5. The topological polar surface area (TPSA) is 273 Å². The van der Waals surface area contributed by atoms with Gasteiger partial charge >= 0.3 is 11.9 Å². The summed E-state index contributed by atoms with van der Waals surface area (Å²) in [6.07, 6.45) is -10.6. The van der Waals surface area contributed by atoms with Crippen molar-refractivity contribution in [2.45, 2.75) is 179 Å². The summed E-state index contributed by atoms with van der Waals surface area (Å²) in [5.74, 6) is -4.49. The average Bonchev–Trinajstić information content (AvgIpc) is 3.38. The summed E-state index contributed by atoms with van der Waals surface area (Å²) in [5.41, 5.74) is -4.58. The van der Waals surface area contributed by atoms with Gasteiger partial charge < -0.3 is 82.3 Å². The minimum Gasteiger partial charge on any atom is -0.496 e. The van der Waals surface area contributed by atoms with Crippen molar-refractivity contribution in [3.63, 3.8) is 0 Å². The normalized spacial score (nSPS) is 37.2. The highest BCUT2D eigenvalue weighted by Gasteiger charge is 2.53. The fraction of sp³-hybridized carbons (Fsp3) is 0.679. The molecule has 3 aliphatic heterocycles. The van der Waals surface area contributed by atoms with Crippen LogP contribution in [0.3, 0.4) is 0 Å². The zero-order chi connectivity index (χ0) is 57.1. The zero-order valence-electron chi connectivity index (χ0n) is 47.1.